The average molecular weight is 319 g/mol. The fraction of sp³-hybridized carbons (Fsp3) is 0.647. The first-order valence-electron chi connectivity index (χ1n) is 8.28. The topological polar surface area (TPSA) is 53.0 Å². The summed E-state index contributed by atoms with van der Waals surface area (Å²) in [6, 6.07) is 4.11. The second kappa shape index (κ2) is 8.72. The number of ether oxygens (including phenoxy) is 1. The molecule has 1 N–H and O–H groups in total. The normalized spacial score (nSPS) is 18.3. The first-order valence-corrected chi connectivity index (χ1v) is 8.28. The Hall–Kier alpha value is -1.82. The van der Waals surface area contributed by atoms with Crippen LogP contribution < -0.4 is 10.2 Å². The molecule has 0 saturated carbocycles. The molecule has 1 unspecified atom stereocenters. The van der Waals surface area contributed by atoms with Crippen LogP contribution in [-0.2, 0) is 11.3 Å². The van der Waals surface area contributed by atoms with Gasteiger partial charge in [0.1, 0.15) is 5.82 Å². The van der Waals surface area contributed by atoms with Gasteiger partial charge < -0.3 is 19.9 Å². The maximum Gasteiger partial charge on any atom is 0.194 e. The Balaban J connectivity index is 2.03. The molecule has 0 spiro atoms. The molecule has 0 aliphatic carbocycles. The summed E-state index contributed by atoms with van der Waals surface area (Å²) in [5.41, 5.74) is 1.17. The highest BCUT2D eigenvalue weighted by atomic mass is 16.5. The number of rotatable bonds is 6. The summed E-state index contributed by atoms with van der Waals surface area (Å²) < 4.78 is 5.28. The van der Waals surface area contributed by atoms with Crippen LogP contribution in [0.4, 0.5) is 5.82 Å². The summed E-state index contributed by atoms with van der Waals surface area (Å²) in [5, 5.41) is 3.40. The van der Waals surface area contributed by atoms with Gasteiger partial charge in [-0.3, -0.25) is 0 Å². The van der Waals surface area contributed by atoms with Gasteiger partial charge in [-0.15, -0.1) is 0 Å². The summed E-state index contributed by atoms with van der Waals surface area (Å²) in [5.74, 6) is 2.56. The van der Waals surface area contributed by atoms with Crippen molar-refractivity contribution >= 4 is 11.8 Å². The Morgan fingerprint density at radius 2 is 2.35 bits per heavy atom. The number of guanidine groups is 1. The molecule has 128 valence electrons. The van der Waals surface area contributed by atoms with Crippen molar-refractivity contribution in [2.24, 2.45) is 10.9 Å². The van der Waals surface area contributed by atoms with E-state index < -0.39 is 0 Å². The minimum Gasteiger partial charge on any atom is -0.384 e. The Kier molecular flexibility index (Phi) is 6.65. The van der Waals surface area contributed by atoms with Crippen LogP contribution >= 0.6 is 0 Å². The third kappa shape index (κ3) is 5.10. The molecule has 6 heteroatoms. The van der Waals surface area contributed by atoms with E-state index >= 15 is 0 Å². The van der Waals surface area contributed by atoms with Gasteiger partial charge in [0.25, 0.3) is 0 Å². The van der Waals surface area contributed by atoms with Crippen LogP contribution in [0.25, 0.3) is 0 Å². The summed E-state index contributed by atoms with van der Waals surface area (Å²) in [4.78, 5) is 13.5. The number of likely N-dealkylation sites (tertiary alicyclic amines) is 1. The molecular weight excluding hydrogens is 290 g/mol. The Labute approximate surface area is 139 Å². The Morgan fingerprint density at radius 1 is 1.52 bits per heavy atom. The molecule has 1 atom stereocenters. The number of hydrogen-bond donors (Lipinski definition) is 1. The Morgan fingerprint density at radius 3 is 3.04 bits per heavy atom. The molecule has 23 heavy (non-hydrogen) atoms. The van der Waals surface area contributed by atoms with E-state index in [4.69, 9.17) is 9.73 Å². The van der Waals surface area contributed by atoms with Gasteiger partial charge in [-0.2, -0.15) is 0 Å². The maximum atomic E-state index is 5.28. The number of methoxy groups -OCH3 is 1. The lowest BCUT2D eigenvalue weighted by atomic mass is 10.1. The zero-order valence-electron chi connectivity index (χ0n) is 14.7. The quantitative estimate of drug-likeness (QED) is 0.637. The molecule has 1 aromatic rings. The van der Waals surface area contributed by atoms with Crippen molar-refractivity contribution in [3.8, 4) is 0 Å². The molecule has 0 bridgehead atoms. The van der Waals surface area contributed by atoms with E-state index in [9.17, 15) is 0 Å². The number of pyridine rings is 1. The van der Waals surface area contributed by atoms with Crippen LogP contribution in [-0.4, -0.2) is 63.3 Å². The van der Waals surface area contributed by atoms with Crippen LogP contribution in [0.15, 0.2) is 23.3 Å². The van der Waals surface area contributed by atoms with E-state index in [1.165, 1.54) is 5.56 Å². The smallest absolute Gasteiger partial charge is 0.194 e. The van der Waals surface area contributed by atoms with Gasteiger partial charge in [-0.25, -0.2) is 9.98 Å². The second-order valence-electron chi connectivity index (χ2n) is 6.14. The first kappa shape index (κ1) is 17.5. The van der Waals surface area contributed by atoms with Gasteiger partial charge >= 0.3 is 0 Å². The SMILES string of the molecule is CCNC(=NCc1ccnc(N(C)C)c1)N1CCC(COC)C1. The molecule has 2 rings (SSSR count). The van der Waals surface area contributed by atoms with Crippen molar-refractivity contribution < 1.29 is 4.74 Å². The molecule has 6 nitrogen and oxygen atoms in total. The highest BCUT2D eigenvalue weighted by Crippen LogP contribution is 2.17. The molecule has 1 fully saturated rings. The van der Waals surface area contributed by atoms with E-state index in [2.05, 4.69) is 28.2 Å². The fourth-order valence-corrected chi connectivity index (χ4v) is 2.79. The maximum absolute atomic E-state index is 5.28. The average Bonchev–Trinajstić information content (AvgIpc) is 3.00. The third-order valence-corrected chi connectivity index (χ3v) is 4.00. The number of nitrogens with one attached hydrogen (secondary N) is 1. The number of anilines is 1. The van der Waals surface area contributed by atoms with E-state index in [1.807, 2.05) is 31.3 Å². The zero-order valence-corrected chi connectivity index (χ0v) is 14.7. The first-order chi connectivity index (χ1) is 11.1. The van der Waals surface area contributed by atoms with Crippen LogP contribution in [0.1, 0.15) is 18.9 Å². The minimum absolute atomic E-state index is 0.602. The molecule has 1 aliphatic rings. The van der Waals surface area contributed by atoms with Gasteiger partial charge in [0.2, 0.25) is 0 Å². The van der Waals surface area contributed by atoms with Gasteiger partial charge in [-0.05, 0) is 31.0 Å². The highest BCUT2D eigenvalue weighted by molar-refractivity contribution is 5.80. The summed E-state index contributed by atoms with van der Waals surface area (Å²) in [6.45, 7) is 6.53. The monoisotopic (exact) mass is 319 g/mol. The standard InChI is InChI=1S/C17H29N5O/c1-5-18-17(22-9-7-15(12-22)13-23-4)20-11-14-6-8-19-16(10-14)21(2)3/h6,8,10,15H,5,7,9,11-13H2,1-4H3,(H,18,20). The van der Waals surface area contributed by atoms with Crippen LogP contribution in [0.5, 0.6) is 0 Å². The largest absolute Gasteiger partial charge is 0.384 e. The number of nitrogens with zero attached hydrogens (tertiary/aromatic N) is 4. The van der Waals surface area contributed by atoms with Crippen LogP contribution in [0.3, 0.4) is 0 Å². The van der Waals surface area contributed by atoms with Gasteiger partial charge in [0.15, 0.2) is 5.96 Å². The lowest BCUT2D eigenvalue weighted by Gasteiger charge is -2.21. The highest BCUT2D eigenvalue weighted by Gasteiger charge is 2.24. The van der Waals surface area contributed by atoms with Crippen LogP contribution in [0, 0.1) is 5.92 Å². The summed E-state index contributed by atoms with van der Waals surface area (Å²) >= 11 is 0. The molecule has 1 aromatic heterocycles. The molecule has 2 heterocycles. The Bertz CT molecular complexity index is 517. The number of hydrogen-bond acceptors (Lipinski definition) is 4. The molecule has 1 saturated heterocycles. The fourth-order valence-electron chi connectivity index (χ4n) is 2.79. The van der Waals surface area contributed by atoms with Gasteiger partial charge in [0.05, 0.1) is 13.2 Å². The van der Waals surface area contributed by atoms with Crippen molar-refractivity contribution in [3.63, 3.8) is 0 Å². The lowest BCUT2D eigenvalue weighted by Crippen LogP contribution is -2.40. The van der Waals surface area contributed by atoms with Crippen molar-refractivity contribution in [1.82, 2.24) is 15.2 Å². The second-order valence-corrected chi connectivity index (χ2v) is 6.14. The predicted octanol–water partition coefficient (Wildman–Crippen LogP) is 1.58. The predicted molar refractivity (Wildman–Crippen MR) is 94.9 cm³/mol. The van der Waals surface area contributed by atoms with Gasteiger partial charge in [-0.1, -0.05) is 0 Å². The minimum atomic E-state index is 0.602. The van der Waals surface area contributed by atoms with Crippen molar-refractivity contribution in [1.29, 1.82) is 0 Å². The molecule has 0 amide bonds. The van der Waals surface area contributed by atoms with Crippen molar-refractivity contribution in [2.75, 3.05) is 52.3 Å². The molecule has 0 aromatic carbocycles. The summed E-state index contributed by atoms with van der Waals surface area (Å²) in [6.07, 6.45) is 3.01. The number of aromatic nitrogens is 1. The number of aliphatic imine (C=N–C) groups is 1. The van der Waals surface area contributed by atoms with E-state index in [0.717, 1.165) is 44.4 Å². The van der Waals surface area contributed by atoms with Crippen molar-refractivity contribution in [2.45, 2.75) is 19.9 Å². The van der Waals surface area contributed by atoms with E-state index in [1.54, 1.807) is 7.11 Å². The molecule has 0 radical (unpaired) electrons. The van der Waals surface area contributed by atoms with Crippen LogP contribution in [0.2, 0.25) is 0 Å². The summed E-state index contributed by atoms with van der Waals surface area (Å²) in [7, 11) is 5.77. The third-order valence-electron chi connectivity index (χ3n) is 4.00. The lowest BCUT2D eigenvalue weighted by molar-refractivity contribution is 0.157. The van der Waals surface area contributed by atoms with Gasteiger partial charge in [0, 0.05) is 53.0 Å². The van der Waals surface area contributed by atoms with Crippen molar-refractivity contribution in [3.05, 3.63) is 23.9 Å². The van der Waals surface area contributed by atoms with E-state index in [-0.39, 0.29) is 0 Å². The molecule has 1 aliphatic heterocycles. The molecular formula is C17H29N5O. The zero-order chi connectivity index (χ0) is 16.7. The van der Waals surface area contributed by atoms with E-state index in [0.29, 0.717) is 12.5 Å².